The Morgan fingerprint density at radius 3 is 2.52 bits per heavy atom. The van der Waals surface area contributed by atoms with Gasteiger partial charge in [-0.25, -0.2) is 10.6 Å². The molecule has 1 aliphatic heterocycles. The number of hydrogen-bond donors (Lipinski definition) is 2. The van der Waals surface area contributed by atoms with Gasteiger partial charge in [-0.2, -0.15) is 0 Å². The van der Waals surface area contributed by atoms with Crippen LogP contribution in [-0.2, 0) is 16.1 Å². The molecular weight excluding hydrogens is 414 g/mol. The number of hydrogen-bond acceptors (Lipinski definition) is 6. The summed E-state index contributed by atoms with van der Waals surface area (Å²) in [5.41, 5.74) is 2.78. The molecule has 1 aliphatic rings. The molecule has 8 heteroatoms. The van der Waals surface area contributed by atoms with E-state index in [0.717, 1.165) is 11.1 Å². The third-order valence-corrected chi connectivity index (χ3v) is 5.17. The number of thiocarbonyl (C=S) groups is 1. The molecular formula is C23H27N3O4S. The number of carbonyl (C=O) groups is 1. The lowest BCUT2D eigenvalue weighted by Gasteiger charge is -2.34. The van der Waals surface area contributed by atoms with Gasteiger partial charge in [0.05, 0.1) is 24.8 Å². The van der Waals surface area contributed by atoms with Crippen LogP contribution in [-0.4, -0.2) is 29.3 Å². The third-order valence-electron chi connectivity index (χ3n) is 4.86. The lowest BCUT2D eigenvalue weighted by atomic mass is 9.95. The van der Waals surface area contributed by atoms with E-state index in [-0.39, 0.29) is 6.61 Å². The van der Waals surface area contributed by atoms with Crippen molar-refractivity contribution in [2.75, 3.05) is 13.2 Å². The molecule has 0 aromatic heterocycles. The summed E-state index contributed by atoms with van der Waals surface area (Å²) in [6.45, 7) is 6.55. The number of carbonyl (C=O) groups excluding carboxylic acids is 1. The molecule has 0 spiro atoms. The van der Waals surface area contributed by atoms with E-state index in [2.05, 4.69) is 5.32 Å². The molecule has 7 nitrogen and oxygen atoms in total. The van der Waals surface area contributed by atoms with Gasteiger partial charge < -0.3 is 19.5 Å². The molecule has 0 amide bonds. The van der Waals surface area contributed by atoms with E-state index in [9.17, 15) is 4.79 Å². The fraction of sp³-hybridized carbons (Fsp3) is 0.304. The van der Waals surface area contributed by atoms with Crippen LogP contribution in [0.15, 0.2) is 59.8 Å². The maximum absolute atomic E-state index is 12.7. The molecule has 0 radical (unpaired) electrons. The fourth-order valence-corrected chi connectivity index (χ4v) is 3.56. The van der Waals surface area contributed by atoms with Gasteiger partial charge in [-0.05, 0) is 56.2 Å². The summed E-state index contributed by atoms with van der Waals surface area (Å²) >= 11 is 5.34. The lowest BCUT2D eigenvalue weighted by Crippen LogP contribution is -2.50. The average Bonchev–Trinajstić information content (AvgIpc) is 2.77. The minimum Gasteiger partial charge on any atom is -0.490 e. The van der Waals surface area contributed by atoms with Gasteiger partial charge in [0.25, 0.3) is 0 Å². The Morgan fingerprint density at radius 1 is 1.10 bits per heavy atom. The van der Waals surface area contributed by atoms with E-state index in [1.807, 2.05) is 55.5 Å². The van der Waals surface area contributed by atoms with Gasteiger partial charge in [-0.1, -0.05) is 36.4 Å². The van der Waals surface area contributed by atoms with Crippen molar-refractivity contribution in [1.82, 2.24) is 10.3 Å². The van der Waals surface area contributed by atoms with E-state index >= 15 is 0 Å². The quantitative estimate of drug-likeness (QED) is 0.365. The maximum atomic E-state index is 12.7. The molecule has 0 unspecified atom stereocenters. The van der Waals surface area contributed by atoms with Gasteiger partial charge >= 0.3 is 5.97 Å². The third kappa shape index (κ3) is 5.15. The highest BCUT2D eigenvalue weighted by molar-refractivity contribution is 7.80. The summed E-state index contributed by atoms with van der Waals surface area (Å²) in [7, 11) is 0. The molecule has 0 bridgehead atoms. The van der Waals surface area contributed by atoms with E-state index in [0.29, 0.717) is 41.1 Å². The molecule has 1 atom stereocenters. The standard InChI is InChI=1S/C23H27N3O4S/c1-4-28-19-13-17(11-12-18(19)30-14-16-9-7-6-8-10-16)21-20(22(27)29-5-2)15(3)26(24)23(31)25-21/h6-13,21H,4-5,14,24H2,1-3H3,(H,25,31)/t21-/m0/s1. The number of hydrazine groups is 1. The second-order valence-corrected chi connectivity index (χ2v) is 7.27. The zero-order valence-corrected chi connectivity index (χ0v) is 18.7. The number of nitrogens with one attached hydrogen (secondary N) is 1. The number of nitrogens with two attached hydrogens (primary N) is 1. The molecule has 3 N–H and O–H groups in total. The number of rotatable bonds is 8. The number of allylic oxidation sites excluding steroid dienone is 1. The second kappa shape index (κ2) is 10.3. The number of benzene rings is 2. The van der Waals surface area contributed by atoms with Gasteiger partial charge in [0.15, 0.2) is 16.6 Å². The molecule has 2 aromatic carbocycles. The van der Waals surface area contributed by atoms with Crippen LogP contribution in [0.1, 0.15) is 37.9 Å². The predicted molar refractivity (Wildman–Crippen MR) is 122 cm³/mol. The van der Waals surface area contributed by atoms with Crippen LogP contribution in [0.2, 0.25) is 0 Å². The topological polar surface area (TPSA) is 86.1 Å². The molecule has 164 valence electrons. The average molecular weight is 442 g/mol. The molecule has 0 saturated carbocycles. The van der Waals surface area contributed by atoms with Gasteiger partial charge in [-0.3, -0.25) is 5.01 Å². The highest BCUT2D eigenvalue weighted by atomic mass is 32.1. The van der Waals surface area contributed by atoms with Crippen molar-refractivity contribution in [3.8, 4) is 11.5 Å². The molecule has 3 rings (SSSR count). The Bertz CT molecular complexity index is 978. The van der Waals surface area contributed by atoms with Gasteiger partial charge in [0.1, 0.15) is 6.61 Å². The minimum absolute atomic E-state index is 0.258. The largest absolute Gasteiger partial charge is 0.490 e. The number of esters is 1. The van der Waals surface area contributed by atoms with Crippen molar-refractivity contribution in [2.24, 2.45) is 5.84 Å². The van der Waals surface area contributed by atoms with Crippen molar-refractivity contribution in [3.05, 3.63) is 70.9 Å². The second-order valence-electron chi connectivity index (χ2n) is 6.89. The first-order chi connectivity index (χ1) is 15.0. The van der Waals surface area contributed by atoms with Gasteiger partial charge in [0.2, 0.25) is 0 Å². The van der Waals surface area contributed by atoms with Crippen LogP contribution in [0, 0.1) is 0 Å². The van der Waals surface area contributed by atoms with Crippen LogP contribution >= 0.6 is 12.2 Å². The Balaban J connectivity index is 1.94. The van der Waals surface area contributed by atoms with Crippen LogP contribution in [0.25, 0.3) is 0 Å². The van der Waals surface area contributed by atoms with Crippen LogP contribution in [0.5, 0.6) is 11.5 Å². The fourth-order valence-electron chi connectivity index (χ4n) is 3.31. The van der Waals surface area contributed by atoms with Crippen LogP contribution in [0.3, 0.4) is 0 Å². The van der Waals surface area contributed by atoms with Gasteiger partial charge in [0, 0.05) is 5.70 Å². The number of ether oxygens (including phenoxy) is 3. The first kappa shape index (κ1) is 22.6. The van der Waals surface area contributed by atoms with E-state index in [1.54, 1.807) is 13.8 Å². The highest BCUT2D eigenvalue weighted by Gasteiger charge is 2.34. The maximum Gasteiger partial charge on any atom is 0.338 e. The predicted octanol–water partition coefficient (Wildman–Crippen LogP) is 3.61. The Kier molecular flexibility index (Phi) is 7.49. The highest BCUT2D eigenvalue weighted by Crippen LogP contribution is 2.36. The molecule has 31 heavy (non-hydrogen) atoms. The van der Waals surface area contributed by atoms with Crippen LogP contribution < -0.4 is 20.6 Å². The summed E-state index contributed by atoms with van der Waals surface area (Å²) in [6, 6.07) is 14.9. The number of nitrogens with zero attached hydrogens (tertiary/aromatic N) is 1. The summed E-state index contributed by atoms with van der Waals surface area (Å²) < 4.78 is 17.1. The van der Waals surface area contributed by atoms with Gasteiger partial charge in [-0.15, -0.1) is 0 Å². The Morgan fingerprint density at radius 2 is 1.84 bits per heavy atom. The molecule has 0 fully saturated rings. The minimum atomic E-state index is -0.520. The normalized spacial score (nSPS) is 16.1. The Hall–Kier alpha value is -3.10. The Labute approximate surface area is 187 Å². The summed E-state index contributed by atoms with van der Waals surface area (Å²) in [6.07, 6.45) is 0. The monoisotopic (exact) mass is 441 g/mol. The zero-order valence-electron chi connectivity index (χ0n) is 17.9. The van der Waals surface area contributed by atoms with Crippen molar-refractivity contribution >= 4 is 23.3 Å². The smallest absolute Gasteiger partial charge is 0.338 e. The summed E-state index contributed by atoms with van der Waals surface area (Å²) in [5.74, 6) is 6.76. The first-order valence-electron chi connectivity index (χ1n) is 10.1. The van der Waals surface area contributed by atoms with Crippen molar-refractivity contribution in [1.29, 1.82) is 0 Å². The lowest BCUT2D eigenvalue weighted by molar-refractivity contribution is -0.139. The van der Waals surface area contributed by atoms with E-state index < -0.39 is 12.0 Å². The summed E-state index contributed by atoms with van der Waals surface area (Å²) in [5, 5.41) is 4.72. The van der Waals surface area contributed by atoms with Crippen molar-refractivity contribution in [2.45, 2.75) is 33.4 Å². The zero-order chi connectivity index (χ0) is 22.4. The SMILES string of the molecule is CCOC(=O)C1=C(C)N(N)C(=S)N[C@H]1c1ccc(OCc2ccccc2)c(OCC)c1. The molecule has 0 saturated heterocycles. The van der Waals surface area contributed by atoms with E-state index in [1.165, 1.54) is 5.01 Å². The summed E-state index contributed by atoms with van der Waals surface area (Å²) in [4.78, 5) is 12.7. The molecule has 2 aromatic rings. The van der Waals surface area contributed by atoms with Crippen molar-refractivity contribution in [3.63, 3.8) is 0 Å². The van der Waals surface area contributed by atoms with Crippen molar-refractivity contribution < 1.29 is 19.0 Å². The van der Waals surface area contributed by atoms with E-state index in [4.69, 9.17) is 32.3 Å². The first-order valence-corrected chi connectivity index (χ1v) is 10.5. The molecule has 1 heterocycles. The molecule has 0 aliphatic carbocycles. The van der Waals surface area contributed by atoms with Crippen LogP contribution in [0.4, 0.5) is 0 Å².